The number of esters is 1. The van der Waals surface area contributed by atoms with E-state index in [-0.39, 0.29) is 5.91 Å². The van der Waals surface area contributed by atoms with E-state index >= 15 is 0 Å². The Labute approximate surface area is 179 Å². The number of aromatic amines is 1. The van der Waals surface area contributed by atoms with Crippen molar-refractivity contribution in [2.75, 3.05) is 12.9 Å². The number of fused-ring (bicyclic) bond motifs is 1. The van der Waals surface area contributed by atoms with Crippen LogP contribution in [0.15, 0.2) is 59.6 Å². The lowest BCUT2D eigenvalue weighted by Gasteiger charge is -2.16. The highest BCUT2D eigenvalue weighted by atomic mass is 35.5. The number of thioether (sulfide) groups is 1. The minimum atomic E-state index is -0.712. The number of carbonyl (C=O) groups excluding carboxylic acids is 2. The molecule has 1 atom stereocenters. The average molecular weight is 431 g/mol. The molecule has 0 aliphatic carbocycles. The molecule has 2 aromatic carbocycles. The van der Waals surface area contributed by atoms with Crippen LogP contribution in [0.25, 0.3) is 10.9 Å². The van der Waals surface area contributed by atoms with Gasteiger partial charge in [-0.2, -0.15) is 0 Å². The molecule has 1 unspecified atom stereocenters. The number of aromatic nitrogens is 1. The largest absolute Gasteiger partial charge is 0.467 e. The Morgan fingerprint density at radius 2 is 1.93 bits per heavy atom. The lowest BCUT2D eigenvalue weighted by Crippen LogP contribution is -2.43. The van der Waals surface area contributed by atoms with Crippen molar-refractivity contribution < 1.29 is 14.3 Å². The second-order valence-corrected chi connectivity index (χ2v) is 8.22. The first kappa shape index (κ1) is 21.3. The van der Waals surface area contributed by atoms with Crippen LogP contribution in [-0.2, 0) is 20.7 Å². The number of hydrogen-bond acceptors (Lipinski definition) is 4. The molecule has 0 saturated heterocycles. The van der Waals surface area contributed by atoms with Crippen molar-refractivity contribution in [1.82, 2.24) is 10.3 Å². The lowest BCUT2D eigenvalue weighted by atomic mass is 10.0. The fourth-order valence-corrected chi connectivity index (χ4v) is 4.05. The number of halogens is 1. The van der Waals surface area contributed by atoms with Crippen LogP contribution in [0.2, 0.25) is 5.02 Å². The lowest BCUT2D eigenvalue weighted by molar-refractivity contribution is -0.145. The Bertz CT molecular complexity index is 972. The number of amides is 1. The molecule has 1 heterocycles. The molecule has 0 saturated carbocycles. The smallest absolute Gasteiger partial charge is 0.328 e. The molecule has 0 radical (unpaired) electrons. The van der Waals surface area contributed by atoms with Gasteiger partial charge in [0.15, 0.2) is 0 Å². The van der Waals surface area contributed by atoms with Gasteiger partial charge in [-0.15, -0.1) is 11.8 Å². The first-order valence-electron chi connectivity index (χ1n) is 9.37. The van der Waals surface area contributed by atoms with Crippen molar-refractivity contribution >= 4 is 46.1 Å². The summed E-state index contributed by atoms with van der Waals surface area (Å²) in [6.45, 7) is 0. The first-order valence-corrected chi connectivity index (χ1v) is 10.7. The molecular formula is C22H23ClN2O3S. The molecule has 1 aromatic heterocycles. The zero-order chi connectivity index (χ0) is 20.6. The molecule has 0 aliphatic rings. The van der Waals surface area contributed by atoms with E-state index in [0.29, 0.717) is 24.3 Å². The van der Waals surface area contributed by atoms with E-state index < -0.39 is 12.0 Å². The molecule has 0 fully saturated rings. The van der Waals surface area contributed by atoms with Gasteiger partial charge in [-0.05, 0) is 48.1 Å². The summed E-state index contributed by atoms with van der Waals surface area (Å²) in [5, 5.41) is 4.57. The molecule has 3 rings (SSSR count). The summed E-state index contributed by atoms with van der Waals surface area (Å²) >= 11 is 7.55. The molecule has 5 nitrogen and oxygen atoms in total. The van der Waals surface area contributed by atoms with E-state index in [9.17, 15) is 9.59 Å². The molecule has 0 spiro atoms. The third-order valence-corrected chi connectivity index (χ3v) is 5.90. The normalized spacial score (nSPS) is 11.9. The first-order chi connectivity index (χ1) is 14.1. The van der Waals surface area contributed by atoms with Gasteiger partial charge in [0, 0.05) is 39.9 Å². The van der Waals surface area contributed by atoms with Crippen LogP contribution in [0.1, 0.15) is 18.4 Å². The van der Waals surface area contributed by atoms with Crippen LogP contribution in [0.4, 0.5) is 0 Å². The molecule has 0 bridgehead atoms. The van der Waals surface area contributed by atoms with Crippen molar-refractivity contribution in [2.24, 2.45) is 0 Å². The molecule has 152 valence electrons. The van der Waals surface area contributed by atoms with Gasteiger partial charge in [-0.3, -0.25) is 4.79 Å². The Morgan fingerprint density at radius 3 is 2.69 bits per heavy atom. The Morgan fingerprint density at radius 1 is 1.17 bits per heavy atom. The van der Waals surface area contributed by atoms with E-state index in [1.165, 1.54) is 7.11 Å². The van der Waals surface area contributed by atoms with Crippen LogP contribution in [0.5, 0.6) is 0 Å². The van der Waals surface area contributed by atoms with Crippen molar-refractivity contribution in [3.05, 3.63) is 65.3 Å². The van der Waals surface area contributed by atoms with Gasteiger partial charge < -0.3 is 15.0 Å². The fraction of sp³-hybridized carbons (Fsp3) is 0.273. The number of H-pyrrole nitrogens is 1. The SMILES string of the molecule is COC(=O)C(Cc1c[nH]c2ccccc12)NC(=O)CCCSc1ccc(Cl)cc1. The maximum atomic E-state index is 12.4. The zero-order valence-corrected chi connectivity index (χ0v) is 17.7. The van der Waals surface area contributed by atoms with Gasteiger partial charge in [0.1, 0.15) is 6.04 Å². The Hall–Kier alpha value is -2.44. The summed E-state index contributed by atoms with van der Waals surface area (Å²) in [4.78, 5) is 28.9. The summed E-state index contributed by atoms with van der Waals surface area (Å²) in [6.07, 6.45) is 3.31. The number of hydrogen-bond donors (Lipinski definition) is 2. The van der Waals surface area contributed by atoms with Crippen LogP contribution >= 0.6 is 23.4 Å². The molecular weight excluding hydrogens is 408 g/mol. The predicted molar refractivity (Wildman–Crippen MR) is 117 cm³/mol. The third-order valence-electron chi connectivity index (χ3n) is 4.55. The average Bonchev–Trinajstić information content (AvgIpc) is 3.14. The molecule has 1 amide bonds. The van der Waals surface area contributed by atoms with Crippen molar-refractivity contribution in [1.29, 1.82) is 0 Å². The fourth-order valence-electron chi connectivity index (χ4n) is 3.08. The highest BCUT2D eigenvalue weighted by Crippen LogP contribution is 2.22. The maximum absolute atomic E-state index is 12.4. The highest BCUT2D eigenvalue weighted by molar-refractivity contribution is 7.99. The summed E-state index contributed by atoms with van der Waals surface area (Å²) in [6, 6.07) is 14.8. The molecule has 3 aromatic rings. The van der Waals surface area contributed by atoms with Crippen molar-refractivity contribution in [3.63, 3.8) is 0 Å². The van der Waals surface area contributed by atoms with Gasteiger partial charge in [0.25, 0.3) is 0 Å². The van der Waals surface area contributed by atoms with E-state index in [1.807, 2.05) is 54.7 Å². The highest BCUT2D eigenvalue weighted by Gasteiger charge is 2.23. The van der Waals surface area contributed by atoms with E-state index in [4.69, 9.17) is 16.3 Å². The van der Waals surface area contributed by atoms with Gasteiger partial charge >= 0.3 is 5.97 Å². The molecule has 29 heavy (non-hydrogen) atoms. The third kappa shape index (κ3) is 6.02. The summed E-state index contributed by atoms with van der Waals surface area (Å²) < 4.78 is 4.89. The topological polar surface area (TPSA) is 71.2 Å². The minimum absolute atomic E-state index is 0.156. The van der Waals surface area contributed by atoms with Crippen LogP contribution in [0, 0.1) is 0 Å². The summed E-state index contributed by atoms with van der Waals surface area (Å²) in [5.74, 6) is 0.205. The summed E-state index contributed by atoms with van der Waals surface area (Å²) in [7, 11) is 1.33. The number of nitrogens with one attached hydrogen (secondary N) is 2. The quantitative estimate of drug-likeness (QED) is 0.296. The Kier molecular flexibility index (Phi) is 7.61. The standard InChI is InChI=1S/C22H23ClN2O3S/c1-28-22(27)20(13-15-14-24-19-6-3-2-5-18(15)19)25-21(26)7-4-12-29-17-10-8-16(23)9-11-17/h2-3,5-6,8-11,14,20,24H,4,7,12-13H2,1H3,(H,25,26). The monoisotopic (exact) mass is 430 g/mol. The predicted octanol–water partition coefficient (Wildman–Crippen LogP) is 4.59. The number of para-hydroxylation sites is 1. The maximum Gasteiger partial charge on any atom is 0.328 e. The van der Waals surface area contributed by atoms with Gasteiger partial charge in [0.05, 0.1) is 7.11 Å². The van der Waals surface area contributed by atoms with Gasteiger partial charge in [-0.25, -0.2) is 4.79 Å². The van der Waals surface area contributed by atoms with Crippen LogP contribution < -0.4 is 5.32 Å². The van der Waals surface area contributed by atoms with Gasteiger partial charge in [-0.1, -0.05) is 29.8 Å². The summed E-state index contributed by atoms with van der Waals surface area (Å²) in [5.41, 5.74) is 1.96. The van der Waals surface area contributed by atoms with E-state index in [2.05, 4.69) is 10.3 Å². The van der Waals surface area contributed by atoms with Crippen molar-refractivity contribution in [2.45, 2.75) is 30.2 Å². The van der Waals surface area contributed by atoms with Crippen LogP contribution in [0.3, 0.4) is 0 Å². The number of benzene rings is 2. The van der Waals surface area contributed by atoms with E-state index in [0.717, 1.165) is 27.1 Å². The number of rotatable bonds is 9. The number of carbonyl (C=O) groups is 2. The number of methoxy groups -OCH3 is 1. The van der Waals surface area contributed by atoms with Crippen LogP contribution in [-0.4, -0.2) is 35.8 Å². The Balaban J connectivity index is 1.52. The van der Waals surface area contributed by atoms with Gasteiger partial charge in [0.2, 0.25) is 5.91 Å². The minimum Gasteiger partial charge on any atom is -0.467 e. The zero-order valence-electron chi connectivity index (χ0n) is 16.1. The second-order valence-electron chi connectivity index (χ2n) is 6.61. The second kappa shape index (κ2) is 10.4. The van der Waals surface area contributed by atoms with Crippen molar-refractivity contribution in [3.8, 4) is 0 Å². The number of ether oxygens (including phenoxy) is 1. The van der Waals surface area contributed by atoms with E-state index in [1.54, 1.807) is 11.8 Å². The molecule has 2 N–H and O–H groups in total. The molecule has 0 aliphatic heterocycles. The molecule has 7 heteroatoms.